The molecule has 8 bridgehead atoms. The van der Waals surface area contributed by atoms with Crippen molar-refractivity contribution in [3.63, 3.8) is 0 Å². The van der Waals surface area contributed by atoms with E-state index in [0.717, 1.165) is 33.9 Å². The zero-order chi connectivity index (χ0) is 28.2. The lowest BCUT2D eigenvalue weighted by Gasteiger charge is -2.33. The van der Waals surface area contributed by atoms with Crippen LogP contribution in [-0.2, 0) is 0 Å². The van der Waals surface area contributed by atoms with Crippen molar-refractivity contribution in [2.75, 3.05) is 0 Å². The lowest BCUT2D eigenvalue weighted by molar-refractivity contribution is 0.296. The van der Waals surface area contributed by atoms with Gasteiger partial charge in [-0.3, -0.25) is 4.98 Å². The molecule has 10 heteroatoms. The molecule has 7 heterocycles. The third-order valence-corrected chi connectivity index (χ3v) is 9.81. The van der Waals surface area contributed by atoms with Crippen LogP contribution in [0.1, 0.15) is 66.5 Å². The molecular weight excluding hydrogens is 500 g/mol. The van der Waals surface area contributed by atoms with E-state index >= 15 is 0 Å². The summed E-state index contributed by atoms with van der Waals surface area (Å²) < 4.78 is 0. The van der Waals surface area contributed by atoms with Crippen molar-refractivity contribution in [2.24, 2.45) is 51.6 Å². The molecule has 0 unspecified atom stereocenters. The molecular formula is C30H32N10. The number of nitrogens with zero attached hydrogens (tertiary/aromatic N) is 8. The molecule has 0 aliphatic carbocycles. The number of aliphatic imine (C=N–C) groups is 6. The Morgan fingerprint density at radius 1 is 0.575 bits per heavy atom. The van der Waals surface area contributed by atoms with Crippen LogP contribution in [0.3, 0.4) is 0 Å². The van der Waals surface area contributed by atoms with Gasteiger partial charge in [-0.05, 0) is 12.1 Å². The third-order valence-electron chi connectivity index (χ3n) is 9.81. The predicted molar refractivity (Wildman–Crippen MR) is 160 cm³/mol. The van der Waals surface area contributed by atoms with E-state index in [9.17, 15) is 0 Å². The van der Waals surface area contributed by atoms with Gasteiger partial charge in [0.25, 0.3) is 0 Å². The van der Waals surface area contributed by atoms with Crippen molar-refractivity contribution in [3.8, 4) is 11.1 Å². The van der Waals surface area contributed by atoms with Gasteiger partial charge in [0.05, 0.1) is 0 Å². The average molecular weight is 533 g/mol. The number of fused-ring (bicyclic) bond motifs is 12. The quantitative estimate of drug-likeness (QED) is 0.385. The minimum atomic E-state index is -0.427. The molecule has 0 aromatic carbocycles. The smallest absolute Gasteiger partial charge is 0.166 e. The first-order valence-corrected chi connectivity index (χ1v) is 13.5. The van der Waals surface area contributed by atoms with Gasteiger partial charge in [0.15, 0.2) is 23.3 Å². The molecule has 2 N–H and O–H groups in total. The van der Waals surface area contributed by atoms with Crippen LogP contribution >= 0.6 is 0 Å². The molecule has 202 valence electrons. The first kappa shape index (κ1) is 24.7. The zero-order valence-electron chi connectivity index (χ0n) is 24.0. The Morgan fingerprint density at radius 2 is 1.23 bits per heavy atom. The van der Waals surface area contributed by atoms with Crippen molar-refractivity contribution in [3.05, 3.63) is 48.0 Å². The lowest BCUT2D eigenvalue weighted by Crippen LogP contribution is -2.37. The largest absolute Gasteiger partial charge is 0.367 e. The molecule has 0 atom stereocenters. The molecule has 0 amide bonds. The standard InChI is InChI=1S/C30H32N10/c1-27(2)23-35-19-15-9-11-31-13-17(15)21(33-19)37-25-29(5,6)30(7,8)26(40-25)38-22-18-14-32-12-10-16(18)20(34-22)36-24(39-23)28(27,3)4/h9-14,31H,1-8H3,(H,33,34,35,36,37,38,39,40). The van der Waals surface area contributed by atoms with Crippen LogP contribution in [-0.4, -0.2) is 50.0 Å². The van der Waals surface area contributed by atoms with Gasteiger partial charge in [-0.2, -0.15) is 0 Å². The fourth-order valence-corrected chi connectivity index (χ4v) is 5.39. The van der Waals surface area contributed by atoms with Crippen LogP contribution in [0.25, 0.3) is 11.1 Å². The van der Waals surface area contributed by atoms with E-state index in [4.69, 9.17) is 34.9 Å². The molecule has 0 spiro atoms. The highest BCUT2D eigenvalue weighted by atomic mass is 15.2. The van der Waals surface area contributed by atoms with Crippen molar-refractivity contribution >= 4 is 46.6 Å². The SMILES string of the molecule is CC1(C)C2=NC(=Nc3nc(c4cc[nH]cc3-4)N=C3NC(=NC4=NC(=N2)c2cnccc24)C(C)(C)C3(C)C)C1(C)C. The van der Waals surface area contributed by atoms with Crippen LogP contribution in [0.4, 0.5) is 11.6 Å². The second-order valence-corrected chi connectivity index (χ2v) is 12.9. The summed E-state index contributed by atoms with van der Waals surface area (Å²) >= 11 is 0. The van der Waals surface area contributed by atoms with Gasteiger partial charge < -0.3 is 10.3 Å². The zero-order valence-corrected chi connectivity index (χ0v) is 24.0. The summed E-state index contributed by atoms with van der Waals surface area (Å²) in [6.07, 6.45) is 7.35. The molecule has 10 nitrogen and oxygen atoms in total. The van der Waals surface area contributed by atoms with Gasteiger partial charge >= 0.3 is 0 Å². The number of aromatic nitrogens is 3. The number of hydrogen-bond acceptors (Lipinski definition) is 9. The van der Waals surface area contributed by atoms with E-state index in [0.29, 0.717) is 35.0 Å². The second kappa shape index (κ2) is 7.65. The van der Waals surface area contributed by atoms with Crippen LogP contribution in [0.5, 0.6) is 0 Å². The number of nitrogens with one attached hydrogen (secondary N) is 2. The molecule has 1 fully saturated rings. The number of aromatic amines is 1. The van der Waals surface area contributed by atoms with E-state index < -0.39 is 10.8 Å². The normalized spacial score (nSPS) is 22.9. The summed E-state index contributed by atoms with van der Waals surface area (Å²) in [6, 6.07) is 3.93. The Bertz CT molecular complexity index is 1770. The van der Waals surface area contributed by atoms with Gasteiger partial charge in [0, 0.05) is 68.7 Å². The molecule has 0 radical (unpaired) electrons. The molecule has 6 aliphatic rings. The Hall–Kier alpha value is -4.34. The number of pyridine rings is 2. The summed E-state index contributed by atoms with van der Waals surface area (Å²) in [5, 5.41) is 3.54. The molecule has 6 aliphatic heterocycles. The second-order valence-electron chi connectivity index (χ2n) is 12.9. The maximum Gasteiger partial charge on any atom is 0.166 e. The molecule has 7 rings (SSSR count). The first-order valence-electron chi connectivity index (χ1n) is 13.5. The highest BCUT2D eigenvalue weighted by Gasteiger charge is 2.53. The number of amidine groups is 6. The van der Waals surface area contributed by atoms with Crippen LogP contribution in [0.15, 0.2) is 66.9 Å². The maximum absolute atomic E-state index is 5.11. The van der Waals surface area contributed by atoms with Crippen molar-refractivity contribution in [2.45, 2.75) is 55.4 Å². The maximum atomic E-state index is 5.11. The fourth-order valence-electron chi connectivity index (χ4n) is 5.39. The Morgan fingerprint density at radius 3 is 1.98 bits per heavy atom. The van der Waals surface area contributed by atoms with Gasteiger partial charge in [-0.25, -0.2) is 34.9 Å². The van der Waals surface area contributed by atoms with Crippen molar-refractivity contribution in [1.82, 2.24) is 20.3 Å². The Kier molecular flexibility index (Phi) is 4.72. The average Bonchev–Trinajstić information content (AvgIpc) is 3.52. The van der Waals surface area contributed by atoms with E-state index in [1.807, 2.05) is 24.5 Å². The fraction of sp³-hybridized carbons (Fsp3) is 0.400. The molecule has 1 aromatic heterocycles. The number of H-pyrrole nitrogens is 1. The van der Waals surface area contributed by atoms with E-state index in [1.54, 1.807) is 12.4 Å². The molecule has 0 saturated carbocycles. The first-order chi connectivity index (χ1) is 18.8. The third kappa shape index (κ3) is 3.10. The van der Waals surface area contributed by atoms with Gasteiger partial charge in [-0.15, -0.1) is 0 Å². The highest BCUT2D eigenvalue weighted by molar-refractivity contribution is 6.28. The van der Waals surface area contributed by atoms with Crippen LogP contribution in [0, 0.1) is 21.7 Å². The minimum absolute atomic E-state index is 0.370. The summed E-state index contributed by atoms with van der Waals surface area (Å²) in [4.78, 5) is 42.7. The van der Waals surface area contributed by atoms with E-state index in [1.165, 1.54) is 0 Å². The highest BCUT2D eigenvalue weighted by Crippen LogP contribution is 2.50. The summed E-state index contributed by atoms with van der Waals surface area (Å²) in [7, 11) is 0. The van der Waals surface area contributed by atoms with E-state index in [2.05, 4.69) is 70.7 Å². The summed E-state index contributed by atoms with van der Waals surface area (Å²) in [5.74, 6) is 5.24. The van der Waals surface area contributed by atoms with E-state index in [-0.39, 0.29) is 10.8 Å². The summed E-state index contributed by atoms with van der Waals surface area (Å²) in [6.45, 7) is 17.3. The van der Waals surface area contributed by atoms with Gasteiger partial charge in [0.1, 0.15) is 23.3 Å². The number of hydrogen-bond donors (Lipinski definition) is 2. The monoisotopic (exact) mass is 532 g/mol. The topological polar surface area (TPSA) is 128 Å². The van der Waals surface area contributed by atoms with Crippen LogP contribution < -0.4 is 5.32 Å². The Balaban J connectivity index is 1.56. The Labute approximate surface area is 233 Å². The molecule has 1 saturated heterocycles. The minimum Gasteiger partial charge on any atom is -0.367 e. The van der Waals surface area contributed by atoms with Crippen molar-refractivity contribution in [1.29, 1.82) is 0 Å². The number of rotatable bonds is 0. The van der Waals surface area contributed by atoms with Crippen molar-refractivity contribution < 1.29 is 0 Å². The van der Waals surface area contributed by atoms with Gasteiger partial charge in [-0.1, -0.05) is 55.4 Å². The lowest BCUT2D eigenvalue weighted by atomic mass is 9.68. The molecule has 1 aromatic rings. The van der Waals surface area contributed by atoms with Gasteiger partial charge in [0.2, 0.25) is 0 Å². The van der Waals surface area contributed by atoms with Crippen LogP contribution in [0.2, 0.25) is 0 Å². The summed E-state index contributed by atoms with van der Waals surface area (Å²) in [5.41, 5.74) is 1.93. The predicted octanol–water partition coefficient (Wildman–Crippen LogP) is 5.71. The molecule has 40 heavy (non-hydrogen) atoms.